The van der Waals surface area contributed by atoms with Crippen LogP contribution < -0.4 is 21.0 Å². The number of benzene rings is 1. The molecule has 3 N–H and O–H groups in total. The summed E-state index contributed by atoms with van der Waals surface area (Å²) in [5.41, 5.74) is 6.62. The third-order valence-corrected chi connectivity index (χ3v) is 6.01. The quantitative estimate of drug-likeness (QED) is 0.0979. The molecule has 41 heavy (non-hydrogen) atoms. The van der Waals surface area contributed by atoms with E-state index in [-0.39, 0.29) is 11.8 Å². The molecule has 3 rings (SSSR count). The molecule has 0 aliphatic heterocycles. The molecular formula is C31H47FN8O. The molecule has 0 amide bonds. The van der Waals surface area contributed by atoms with Gasteiger partial charge in [0.2, 0.25) is 5.95 Å². The first-order valence-electron chi connectivity index (χ1n) is 14.6. The van der Waals surface area contributed by atoms with Crippen LogP contribution in [0.15, 0.2) is 53.9 Å². The van der Waals surface area contributed by atoms with Gasteiger partial charge in [0, 0.05) is 32.5 Å². The van der Waals surface area contributed by atoms with Gasteiger partial charge in [0.1, 0.15) is 0 Å². The van der Waals surface area contributed by atoms with Gasteiger partial charge < -0.3 is 20.3 Å². The van der Waals surface area contributed by atoms with Crippen LogP contribution in [0, 0.1) is 5.82 Å². The summed E-state index contributed by atoms with van der Waals surface area (Å²) in [6, 6.07) is 12.2. The van der Waals surface area contributed by atoms with Gasteiger partial charge in [0.15, 0.2) is 11.6 Å². The van der Waals surface area contributed by atoms with Gasteiger partial charge in [-0.25, -0.2) is 14.8 Å². The highest BCUT2D eigenvalue weighted by molar-refractivity contribution is 5.78. The molecule has 0 fully saturated rings. The number of anilines is 4. The van der Waals surface area contributed by atoms with Crippen molar-refractivity contribution in [3.8, 4) is 0 Å². The van der Waals surface area contributed by atoms with E-state index in [1.54, 1.807) is 24.4 Å². The number of nitrogens with one attached hydrogen (secondary N) is 3. The van der Waals surface area contributed by atoms with Gasteiger partial charge in [0.25, 0.3) is 0 Å². The van der Waals surface area contributed by atoms with Crippen LogP contribution in [0.1, 0.15) is 64.1 Å². The summed E-state index contributed by atoms with van der Waals surface area (Å²) in [6.45, 7) is 9.41. The number of aryl methyl sites for hydroxylation is 1. The standard InChI is InChI=1S/C25H32FN7O.C6H15N/c1-4-8-19-9-6-10-20(15-19)30-22-12-11-21(27-16-22)17-29-32-25-28-18-23(26)24(31-25)33(3)13-7-14-34-5-2;1-3-4-5-6-7-2/h6,9-12,15-18,30H,4-5,7-8,13-14H2,1-3H3,(H,28,31,32);7H,3-6H2,1-2H3/b29-17+;. The minimum absolute atomic E-state index is 0.203. The van der Waals surface area contributed by atoms with Crippen molar-refractivity contribution < 1.29 is 9.13 Å². The lowest BCUT2D eigenvalue weighted by Gasteiger charge is -2.18. The normalized spacial score (nSPS) is 10.8. The number of ether oxygens (including phenoxy) is 1. The smallest absolute Gasteiger partial charge is 0.245 e. The summed E-state index contributed by atoms with van der Waals surface area (Å²) in [6.07, 6.45) is 11.4. The van der Waals surface area contributed by atoms with Gasteiger partial charge in [-0.1, -0.05) is 45.2 Å². The molecule has 2 aromatic heterocycles. The average molecular weight is 567 g/mol. The molecular weight excluding hydrogens is 519 g/mol. The van der Waals surface area contributed by atoms with E-state index in [9.17, 15) is 4.39 Å². The number of pyridine rings is 1. The summed E-state index contributed by atoms with van der Waals surface area (Å²) in [5, 5.41) is 10.6. The molecule has 0 bridgehead atoms. The van der Waals surface area contributed by atoms with Crippen LogP contribution in [0.4, 0.5) is 27.5 Å². The summed E-state index contributed by atoms with van der Waals surface area (Å²) >= 11 is 0. The van der Waals surface area contributed by atoms with E-state index in [0.29, 0.717) is 25.5 Å². The van der Waals surface area contributed by atoms with Crippen molar-refractivity contribution in [3.63, 3.8) is 0 Å². The molecule has 3 aromatic rings. The second-order valence-electron chi connectivity index (χ2n) is 9.56. The molecule has 0 saturated carbocycles. The number of unbranched alkanes of at least 4 members (excludes halogenated alkanes) is 2. The minimum atomic E-state index is -0.488. The van der Waals surface area contributed by atoms with E-state index in [1.165, 1.54) is 31.4 Å². The predicted octanol–water partition coefficient (Wildman–Crippen LogP) is 6.41. The number of rotatable bonds is 17. The molecule has 1 aromatic carbocycles. The molecule has 0 saturated heterocycles. The molecule has 0 atom stereocenters. The van der Waals surface area contributed by atoms with Crippen LogP contribution in [0.5, 0.6) is 0 Å². The Morgan fingerprint density at radius 3 is 2.56 bits per heavy atom. The average Bonchev–Trinajstić information content (AvgIpc) is 2.98. The third-order valence-electron chi connectivity index (χ3n) is 6.01. The SMILES string of the molecule is CCCCCNC.CCCc1cccc(Nc2ccc(/C=N/Nc3ncc(F)c(N(C)CCCOCC)n3)nc2)c1. The van der Waals surface area contributed by atoms with Crippen LogP contribution in [-0.4, -0.2) is 61.6 Å². The Balaban J connectivity index is 0.000000745. The van der Waals surface area contributed by atoms with Crippen LogP contribution in [-0.2, 0) is 11.2 Å². The molecule has 0 unspecified atom stereocenters. The lowest BCUT2D eigenvalue weighted by Crippen LogP contribution is -2.22. The molecule has 0 aliphatic rings. The molecule has 10 heteroatoms. The van der Waals surface area contributed by atoms with Crippen molar-refractivity contribution in [1.29, 1.82) is 0 Å². The van der Waals surface area contributed by atoms with E-state index >= 15 is 0 Å². The Kier molecular flexibility index (Phi) is 16.6. The maximum atomic E-state index is 14.2. The van der Waals surface area contributed by atoms with Crippen molar-refractivity contribution in [1.82, 2.24) is 20.3 Å². The van der Waals surface area contributed by atoms with Crippen LogP contribution in [0.2, 0.25) is 0 Å². The van der Waals surface area contributed by atoms with E-state index in [4.69, 9.17) is 4.74 Å². The summed E-state index contributed by atoms with van der Waals surface area (Å²) in [4.78, 5) is 14.3. The number of hydrogen-bond acceptors (Lipinski definition) is 9. The van der Waals surface area contributed by atoms with Crippen molar-refractivity contribution in [2.75, 3.05) is 56.0 Å². The maximum absolute atomic E-state index is 14.2. The van der Waals surface area contributed by atoms with E-state index in [1.807, 2.05) is 32.2 Å². The zero-order valence-electron chi connectivity index (χ0n) is 25.3. The highest BCUT2D eigenvalue weighted by atomic mass is 19.1. The largest absolute Gasteiger partial charge is 0.382 e. The van der Waals surface area contributed by atoms with Crippen LogP contribution >= 0.6 is 0 Å². The number of aromatic nitrogens is 3. The van der Waals surface area contributed by atoms with Gasteiger partial charge in [-0.3, -0.25) is 4.98 Å². The zero-order valence-corrected chi connectivity index (χ0v) is 25.3. The molecule has 2 heterocycles. The Bertz CT molecular complexity index is 1140. The zero-order chi connectivity index (χ0) is 29.7. The summed E-state index contributed by atoms with van der Waals surface area (Å²) in [7, 11) is 3.78. The van der Waals surface area contributed by atoms with Crippen molar-refractivity contribution in [2.45, 2.75) is 59.3 Å². The fraction of sp³-hybridized carbons (Fsp3) is 0.484. The van der Waals surface area contributed by atoms with Crippen molar-refractivity contribution >= 4 is 29.4 Å². The lowest BCUT2D eigenvalue weighted by atomic mass is 10.1. The molecule has 0 aliphatic carbocycles. The maximum Gasteiger partial charge on any atom is 0.245 e. The highest BCUT2D eigenvalue weighted by Crippen LogP contribution is 2.18. The fourth-order valence-electron chi connectivity index (χ4n) is 3.86. The topological polar surface area (TPSA) is 99.6 Å². The Hall–Kier alpha value is -3.63. The minimum Gasteiger partial charge on any atom is -0.382 e. The van der Waals surface area contributed by atoms with Crippen molar-refractivity contribution in [2.24, 2.45) is 5.10 Å². The molecule has 9 nitrogen and oxygen atoms in total. The van der Waals surface area contributed by atoms with Crippen LogP contribution in [0.25, 0.3) is 0 Å². The highest BCUT2D eigenvalue weighted by Gasteiger charge is 2.11. The van der Waals surface area contributed by atoms with Gasteiger partial charge in [-0.05, 0) is 69.6 Å². The first-order valence-corrected chi connectivity index (χ1v) is 14.6. The third kappa shape index (κ3) is 13.5. The van der Waals surface area contributed by atoms with E-state index in [2.05, 4.69) is 68.2 Å². The number of hydrogen-bond donors (Lipinski definition) is 3. The van der Waals surface area contributed by atoms with E-state index in [0.717, 1.165) is 36.8 Å². The molecule has 0 spiro atoms. The second kappa shape index (κ2) is 20.3. The number of nitrogens with zero attached hydrogens (tertiary/aromatic N) is 5. The van der Waals surface area contributed by atoms with Gasteiger partial charge in [0.05, 0.1) is 30.0 Å². The lowest BCUT2D eigenvalue weighted by molar-refractivity contribution is 0.146. The Morgan fingerprint density at radius 1 is 1.00 bits per heavy atom. The molecule has 0 radical (unpaired) electrons. The fourth-order valence-corrected chi connectivity index (χ4v) is 3.86. The van der Waals surface area contributed by atoms with E-state index < -0.39 is 5.82 Å². The Morgan fingerprint density at radius 2 is 1.85 bits per heavy atom. The van der Waals surface area contributed by atoms with Crippen LogP contribution in [0.3, 0.4) is 0 Å². The first-order chi connectivity index (χ1) is 20.0. The van der Waals surface area contributed by atoms with Crippen molar-refractivity contribution in [3.05, 3.63) is 65.9 Å². The number of halogens is 1. The molecule has 224 valence electrons. The monoisotopic (exact) mass is 566 g/mol. The van der Waals surface area contributed by atoms with Gasteiger partial charge in [-0.15, -0.1) is 0 Å². The Labute approximate surface area is 245 Å². The first kappa shape index (κ1) is 33.6. The summed E-state index contributed by atoms with van der Waals surface area (Å²) < 4.78 is 19.5. The van der Waals surface area contributed by atoms with Gasteiger partial charge in [-0.2, -0.15) is 10.1 Å². The predicted molar refractivity (Wildman–Crippen MR) is 169 cm³/mol. The van der Waals surface area contributed by atoms with Gasteiger partial charge >= 0.3 is 0 Å². The summed E-state index contributed by atoms with van der Waals surface area (Å²) in [5.74, 6) is -0.0752. The number of hydrazone groups is 1. The second-order valence-corrected chi connectivity index (χ2v) is 9.56.